The molecule has 120 valence electrons. The van der Waals surface area contributed by atoms with E-state index in [1.165, 1.54) is 0 Å². The Balaban J connectivity index is 0.00000200. The second-order valence-corrected chi connectivity index (χ2v) is 5.37. The van der Waals surface area contributed by atoms with Gasteiger partial charge in [-0.25, -0.2) is 4.98 Å². The average molecular weight is 353 g/mol. The first-order valence-electron chi connectivity index (χ1n) is 6.57. The van der Waals surface area contributed by atoms with Crippen LogP contribution >= 0.6 is 36.6 Å². The Hall–Kier alpha value is -0.690. The Morgan fingerprint density at radius 1 is 1.43 bits per heavy atom. The largest absolute Gasteiger partial charge is 0.357 e. The summed E-state index contributed by atoms with van der Waals surface area (Å²) in [7, 11) is 0. The molecule has 2 rings (SSSR count). The molecule has 0 bridgehead atoms. The predicted molar refractivity (Wildman–Crippen MR) is 95.2 cm³/mol. The molecule has 8 heteroatoms. The van der Waals surface area contributed by atoms with E-state index in [0.29, 0.717) is 0 Å². The number of rotatable bonds is 5. The molecule has 0 spiro atoms. The van der Waals surface area contributed by atoms with Gasteiger partial charge in [0.1, 0.15) is 5.82 Å². The lowest BCUT2D eigenvalue weighted by atomic mass is 10.3. The molecule has 1 aromatic rings. The topological polar surface area (TPSA) is 57.3 Å². The normalized spacial score (nSPS) is 16.6. The van der Waals surface area contributed by atoms with Crippen LogP contribution in [-0.4, -0.2) is 41.7 Å². The van der Waals surface area contributed by atoms with E-state index in [-0.39, 0.29) is 36.8 Å². The number of nitrogens with one attached hydrogen (secondary N) is 2. The third-order valence-corrected chi connectivity index (χ3v) is 4.08. The molecule has 1 saturated heterocycles. The van der Waals surface area contributed by atoms with Crippen LogP contribution in [0.2, 0.25) is 0 Å². The Kier molecular flexibility index (Phi) is 9.77. The molecular weight excluding hydrogens is 331 g/mol. The van der Waals surface area contributed by atoms with Gasteiger partial charge in [0.05, 0.1) is 17.9 Å². The van der Waals surface area contributed by atoms with Crippen molar-refractivity contribution in [3.8, 4) is 0 Å². The maximum absolute atomic E-state index is 11.9. The van der Waals surface area contributed by atoms with Crippen molar-refractivity contribution in [1.82, 2.24) is 10.3 Å². The van der Waals surface area contributed by atoms with Crippen molar-refractivity contribution in [3.05, 3.63) is 18.3 Å². The molecule has 0 aliphatic carbocycles. The van der Waals surface area contributed by atoms with E-state index in [0.717, 1.165) is 36.2 Å². The second kappa shape index (κ2) is 10.1. The molecule has 0 aromatic carbocycles. The van der Waals surface area contributed by atoms with Gasteiger partial charge in [-0.1, -0.05) is 0 Å². The summed E-state index contributed by atoms with van der Waals surface area (Å²) in [5.74, 6) is 2.63. The van der Waals surface area contributed by atoms with Gasteiger partial charge in [0.2, 0.25) is 5.91 Å². The Bertz CT molecular complexity index is 423. The van der Waals surface area contributed by atoms with Gasteiger partial charge in [0, 0.05) is 24.7 Å². The van der Waals surface area contributed by atoms with Crippen molar-refractivity contribution in [1.29, 1.82) is 0 Å². The number of carbonyl (C=O) groups is 1. The number of hydrogen-bond donors (Lipinski definition) is 2. The summed E-state index contributed by atoms with van der Waals surface area (Å²) in [6.45, 7) is 6.06. The summed E-state index contributed by atoms with van der Waals surface area (Å²) in [4.78, 5) is 18.5. The SMILES string of the molecule is CCN(CC)c1ccc(NC(=O)C2CSCN2)cn1.Cl.Cl. The fourth-order valence-corrected chi connectivity index (χ4v) is 2.93. The van der Waals surface area contributed by atoms with Crippen LogP contribution in [0.5, 0.6) is 0 Å². The number of anilines is 2. The maximum atomic E-state index is 11.9. The molecule has 5 nitrogen and oxygen atoms in total. The van der Waals surface area contributed by atoms with Crippen LogP contribution in [0, 0.1) is 0 Å². The lowest BCUT2D eigenvalue weighted by Crippen LogP contribution is -2.37. The molecule has 1 fully saturated rings. The molecule has 0 saturated carbocycles. The van der Waals surface area contributed by atoms with Crippen molar-refractivity contribution in [2.45, 2.75) is 19.9 Å². The van der Waals surface area contributed by atoms with E-state index in [4.69, 9.17) is 0 Å². The van der Waals surface area contributed by atoms with Crippen LogP contribution in [0.1, 0.15) is 13.8 Å². The van der Waals surface area contributed by atoms with Crippen molar-refractivity contribution < 1.29 is 4.79 Å². The highest BCUT2D eigenvalue weighted by Gasteiger charge is 2.22. The Labute approximate surface area is 142 Å². The van der Waals surface area contributed by atoms with E-state index in [2.05, 4.69) is 34.4 Å². The first kappa shape index (κ1) is 20.3. The molecule has 1 unspecified atom stereocenters. The monoisotopic (exact) mass is 352 g/mol. The molecule has 1 aliphatic heterocycles. The molecule has 0 radical (unpaired) electrons. The molecular formula is C13H22Cl2N4OS. The van der Waals surface area contributed by atoms with Gasteiger partial charge >= 0.3 is 0 Å². The number of aromatic nitrogens is 1. The number of thioether (sulfide) groups is 1. The maximum Gasteiger partial charge on any atom is 0.242 e. The average Bonchev–Trinajstić information content (AvgIpc) is 2.96. The van der Waals surface area contributed by atoms with Gasteiger partial charge in [-0.2, -0.15) is 0 Å². The number of pyridine rings is 1. The minimum Gasteiger partial charge on any atom is -0.357 e. The first-order chi connectivity index (χ1) is 9.24. The molecule has 1 aliphatic rings. The zero-order valence-electron chi connectivity index (χ0n) is 12.2. The second-order valence-electron chi connectivity index (χ2n) is 4.34. The molecule has 1 atom stereocenters. The minimum atomic E-state index is -0.0903. The summed E-state index contributed by atoms with van der Waals surface area (Å²) < 4.78 is 0. The predicted octanol–water partition coefficient (Wildman–Crippen LogP) is 2.37. The van der Waals surface area contributed by atoms with Crippen molar-refractivity contribution in [3.63, 3.8) is 0 Å². The number of hydrogen-bond acceptors (Lipinski definition) is 5. The van der Waals surface area contributed by atoms with Crippen molar-refractivity contribution >= 4 is 54.0 Å². The number of amides is 1. The minimum absolute atomic E-state index is 0. The van der Waals surface area contributed by atoms with Gasteiger partial charge in [0.25, 0.3) is 0 Å². The highest BCUT2D eigenvalue weighted by Crippen LogP contribution is 2.15. The molecule has 2 N–H and O–H groups in total. The third kappa shape index (κ3) is 5.54. The zero-order chi connectivity index (χ0) is 13.7. The van der Waals surface area contributed by atoms with Crippen LogP contribution < -0.4 is 15.5 Å². The summed E-state index contributed by atoms with van der Waals surface area (Å²) in [6, 6.07) is 3.76. The fourth-order valence-electron chi connectivity index (χ4n) is 1.99. The summed E-state index contributed by atoms with van der Waals surface area (Å²) in [6.07, 6.45) is 1.72. The lowest BCUT2D eigenvalue weighted by molar-refractivity contribution is -0.117. The van der Waals surface area contributed by atoms with Crippen LogP contribution in [0.25, 0.3) is 0 Å². The van der Waals surface area contributed by atoms with Crippen molar-refractivity contribution in [2.75, 3.05) is 34.9 Å². The molecule has 1 amide bonds. The summed E-state index contributed by atoms with van der Waals surface area (Å²) in [5.41, 5.74) is 0.750. The highest BCUT2D eigenvalue weighted by atomic mass is 35.5. The van der Waals surface area contributed by atoms with Crippen molar-refractivity contribution in [2.24, 2.45) is 0 Å². The van der Waals surface area contributed by atoms with E-state index in [9.17, 15) is 4.79 Å². The van der Waals surface area contributed by atoms with Crippen LogP contribution in [-0.2, 0) is 4.79 Å². The van der Waals surface area contributed by atoms with E-state index < -0.39 is 0 Å². The fraction of sp³-hybridized carbons (Fsp3) is 0.538. The van der Waals surface area contributed by atoms with E-state index >= 15 is 0 Å². The highest BCUT2D eigenvalue weighted by molar-refractivity contribution is 7.99. The Morgan fingerprint density at radius 2 is 2.14 bits per heavy atom. The first-order valence-corrected chi connectivity index (χ1v) is 7.73. The lowest BCUT2D eigenvalue weighted by Gasteiger charge is -2.19. The molecule has 2 heterocycles. The molecule has 21 heavy (non-hydrogen) atoms. The van der Waals surface area contributed by atoms with Gasteiger partial charge in [-0.05, 0) is 26.0 Å². The van der Waals surface area contributed by atoms with Gasteiger partial charge in [0.15, 0.2) is 0 Å². The number of carbonyl (C=O) groups excluding carboxylic acids is 1. The Morgan fingerprint density at radius 3 is 2.62 bits per heavy atom. The van der Waals surface area contributed by atoms with Crippen LogP contribution in [0.3, 0.4) is 0 Å². The zero-order valence-corrected chi connectivity index (χ0v) is 14.6. The summed E-state index contributed by atoms with van der Waals surface area (Å²) >= 11 is 1.74. The smallest absolute Gasteiger partial charge is 0.242 e. The van der Waals surface area contributed by atoms with Gasteiger partial charge in [-0.3, -0.25) is 10.1 Å². The number of nitrogens with zero attached hydrogens (tertiary/aromatic N) is 2. The standard InChI is InChI=1S/C13H20N4OS.2ClH/c1-3-17(4-2)12-6-5-10(7-14-12)16-13(18)11-8-19-9-15-11;;/h5-7,11,15H,3-4,8-9H2,1-2H3,(H,16,18);2*1H. The quantitative estimate of drug-likeness (QED) is 0.851. The van der Waals surface area contributed by atoms with E-state index in [1.807, 2.05) is 12.1 Å². The van der Waals surface area contributed by atoms with Crippen LogP contribution in [0.15, 0.2) is 18.3 Å². The number of halogens is 2. The van der Waals surface area contributed by atoms with Crippen LogP contribution in [0.4, 0.5) is 11.5 Å². The van der Waals surface area contributed by atoms with Gasteiger partial charge < -0.3 is 10.2 Å². The van der Waals surface area contributed by atoms with E-state index in [1.54, 1.807) is 18.0 Å². The molecule has 1 aromatic heterocycles. The van der Waals surface area contributed by atoms with Gasteiger partial charge in [-0.15, -0.1) is 36.6 Å². The summed E-state index contributed by atoms with van der Waals surface area (Å²) in [5, 5.41) is 6.04. The third-order valence-electron chi connectivity index (χ3n) is 3.14.